The second-order valence-electron chi connectivity index (χ2n) is 6.16. The zero-order valence-electron chi connectivity index (χ0n) is 13.8. The number of nitrogens with zero attached hydrogens (tertiary/aromatic N) is 4. The van der Waals surface area contributed by atoms with Crippen LogP contribution in [-0.4, -0.2) is 44.1 Å². The lowest BCUT2D eigenvalue weighted by Gasteiger charge is -2.30. The number of H-pyrrole nitrogens is 1. The third-order valence-corrected chi connectivity index (χ3v) is 4.49. The van der Waals surface area contributed by atoms with Crippen LogP contribution < -0.4 is 0 Å². The number of aryl methyl sites for hydroxylation is 2. The molecule has 1 aliphatic heterocycles. The molecule has 0 unspecified atom stereocenters. The van der Waals surface area contributed by atoms with E-state index in [1.165, 1.54) is 12.3 Å². The number of piperidine rings is 1. The molecule has 0 spiro atoms. The predicted octanol–water partition coefficient (Wildman–Crippen LogP) is 2.24. The SMILES string of the molecule is CCc1nc(C2CCN(C(=O)CCc3cncc(F)c3)CC2)n[nH]1. The van der Waals surface area contributed by atoms with Crippen molar-refractivity contribution in [3.8, 4) is 0 Å². The molecule has 0 aromatic carbocycles. The van der Waals surface area contributed by atoms with Crippen LogP contribution in [0.5, 0.6) is 0 Å². The number of rotatable bonds is 5. The summed E-state index contributed by atoms with van der Waals surface area (Å²) in [6.07, 6.45) is 6.29. The van der Waals surface area contributed by atoms with Crippen LogP contribution in [0.2, 0.25) is 0 Å². The van der Waals surface area contributed by atoms with Crippen LogP contribution in [0.3, 0.4) is 0 Å². The second kappa shape index (κ2) is 7.51. The van der Waals surface area contributed by atoms with Gasteiger partial charge in [-0.05, 0) is 30.9 Å². The standard InChI is InChI=1S/C17H22FN5O/c1-2-15-20-17(22-21-15)13-5-7-23(8-6-13)16(24)4-3-12-9-14(18)11-19-10-12/h9-11,13H,2-8H2,1H3,(H,20,21,22). The maximum absolute atomic E-state index is 13.1. The van der Waals surface area contributed by atoms with Gasteiger partial charge in [0.05, 0.1) is 6.20 Å². The zero-order valence-corrected chi connectivity index (χ0v) is 13.8. The van der Waals surface area contributed by atoms with Crippen LogP contribution in [-0.2, 0) is 17.6 Å². The Hall–Kier alpha value is -2.31. The van der Waals surface area contributed by atoms with Crippen molar-refractivity contribution < 1.29 is 9.18 Å². The van der Waals surface area contributed by atoms with Gasteiger partial charge in [-0.1, -0.05) is 6.92 Å². The van der Waals surface area contributed by atoms with Crippen molar-refractivity contribution in [3.05, 3.63) is 41.5 Å². The van der Waals surface area contributed by atoms with E-state index in [0.717, 1.165) is 49.6 Å². The van der Waals surface area contributed by atoms with E-state index in [0.29, 0.717) is 18.8 Å². The van der Waals surface area contributed by atoms with Gasteiger partial charge < -0.3 is 4.90 Å². The molecule has 0 saturated carbocycles. The van der Waals surface area contributed by atoms with Gasteiger partial charge in [0.2, 0.25) is 5.91 Å². The van der Waals surface area contributed by atoms with Crippen LogP contribution in [0.4, 0.5) is 4.39 Å². The van der Waals surface area contributed by atoms with Gasteiger partial charge in [-0.15, -0.1) is 0 Å². The number of amides is 1. The highest BCUT2D eigenvalue weighted by molar-refractivity contribution is 5.76. The summed E-state index contributed by atoms with van der Waals surface area (Å²) in [5.74, 6) is 1.84. The van der Waals surface area contributed by atoms with Gasteiger partial charge in [0.1, 0.15) is 11.6 Å². The van der Waals surface area contributed by atoms with Gasteiger partial charge in [0.15, 0.2) is 5.82 Å². The Kier molecular flexibility index (Phi) is 5.17. The Labute approximate surface area is 140 Å². The molecular weight excluding hydrogens is 309 g/mol. The predicted molar refractivity (Wildman–Crippen MR) is 86.8 cm³/mol. The van der Waals surface area contributed by atoms with Crippen molar-refractivity contribution in [3.63, 3.8) is 0 Å². The molecule has 3 heterocycles. The number of likely N-dealkylation sites (tertiary alicyclic amines) is 1. The van der Waals surface area contributed by atoms with Crippen LogP contribution in [0.1, 0.15) is 49.3 Å². The van der Waals surface area contributed by atoms with Gasteiger partial charge in [-0.25, -0.2) is 9.37 Å². The molecule has 0 radical (unpaired) electrons. The van der Waals surface area contributed by atoms with Crippen molar-refractivity contribution in [1.29, 1.82) is 0 Å². The minimum Gasteiger partial charge on any atom is -0.343 e. The van der Waals surface area contributed by atoms with Crippen molar-refractivity contribution in [2.75, 3.05) is 13.1 Å². The molecule has 1 aliphatic rings. The van der Waals surface area contributed by atoms with E-state index in [1.54, 1.807) is 6.20 Å². The molecule has 1 N–H and O–H groups in total. The summed E-state index contributed by atoms with van der Waals surface area (Å²) in [6, 6.07) is 1.43. The number of pyridine rings is 1. The van der Waals surface area contributed by atoms with E-state index in [2.05, 4.69) is 20.2 Å². The van der Waals surface area contributed by atoms with Gasteiger partial charge >= 0.3 is 0 Å². The fraction of sp³-hybridized carbons (Fsp3) is 0.529. The zero-order chi connectivity index (χ0) is 16.9. The fourth-order valence-corrected chi connectivity index (χ4v) is 3.04. The summed E-state index contributed by atoms with van der Waals surface area (Å²) in [5, 5.41) is 7.23. The third-order valence-electron chi connectivity index (χ3n) is 4.49. The molecule has 0 bridgehead atoms. The molecule has 3 rings (SSSR count). The van der Waals surface area contributed by atoms with Crippen LogP contribution >= 0.6 is 0 Å². The van der Waals surface area contributed by atoms with E-state index in [1.807, 2.05) is 11.8 Å². The molecule has 128 valence electrons. The molecule has 0 atom stereocenters. The number of hydrogen-bond acceptors (Lipinski definition) is 4. The largest absolute Gasteiger partial charge is 0.343 e. The van der Waals surface area contributed by atoms with Gasteiger partial charge in [0, 0.05) is 38.0 Å². The smallest absolute Gasteiger partial charge is 0.222 e. The lowest BCUT2D eigenvalue weighted by Crippen LogP contribution is -2.38. The summed E-state index contributed by atoms with van der Waals surface area (Å²) in [7, 11) is 0. The highest BCUT2D eigenvalue weighted by Crippen LogP contribution is 2.26. The monoisotopic (exact) mass is 331 g/mol. The van der Waals surface area contributed by atoms with Gasteiger partial charge in [-0.3, -0.25) is 14.9 Å². The fourth-order valence-electron chi connectivity index (χ4n) is 3.04. The quantitative estimate of drug-likeness (QED) is 0.912. The highest BCUT2D eigenvalue weighted by atomic mass is 19.1. The molecule has 24 heavy (non-hydrogen) atoms. The van der Waals surface area contributed by atoms with Crippen LogP contribution in [0.25, 0.3) is 0 Å². The van der Waals surface area contributed by atoms with Crippen LogP contribution in [0.15, 0.2) is 18.5 Å². The van der Waals surface area contributed by atoms with E-state index >= 15 is 0 Å². The number of halogens is 1. The Morgan fingerprint density at radius 2 is 2.17 bits per heavy atom. The summed E-state index contributed by atoms with van der Waals surface area (Å²) < 4.78 is 13.1. The van der Waals surface area contributed by atoms with Gasteiger partial charge in [0.25, 0.3) is 0 Å². The highest BCUT2D eigenvalue weighted by Gasteiger charge is 2.26. The van der Waals surface area contributed by atoms with E-state index < -0.39 is 0 Å². The average Bonchev–Trinajstić information content (AvgIpc) is 3.09. The topological polar surface area (TPSA) is 74.8 Å². The number of aromatic amines is 1. The third kappa shape index (κ3) is 3.96. The summed E-state index contributed by atoms with van der Waals surface area (Å²) in [5.41, 5.74) is 0.756. The van der Waals surface area contributed by atoms with E-state index in [4.69, 9.17) is 0 Å². The first kappa shape index (κ1) is 16.5. The number of aromatic nitrogens is 4. The minimum absolute atomic E-state index is 0.113. The first-order valence-corrected chi connectivity index (χ1v) is 8.44. The lowest BCUT2D eigenvalue weighted by molar-refractivity contribution is -0.132. The van der Waals surface area contributed by atoms with Crippen molar-refractivity contribution in [1.82, 2.24) is 25.1 Å². The molecular formula is C17H22FN5O. The molecule has 2 aromatic rings. The van der Waals surface area contributed by atoms with E-state index in [9.17, 15) is 9.18 Å². The Bertz CT molecular complexity index is 694. The maximum atomic E-state index is 13.1. The van der Waals surface area contributed by atoms with Crippen molar-refractivity contribution in [2.45, 2.75) is 44.9 Å². The summed E-state index contributed by atoms with van der Waals surface area (Å²) in [4.78, 5) is 22.5. The molecule has 7 heteroatoms. The number of carbonyl (C=O) groups is 1. The summed E-state index contributed by atoms with van der Waals surface area (Å²) in [6.45, 7) is 3.49. The first-order chi connectivity index (χ1) is 11.7. The molecule has 1 fully saturated rings. The Morgan fingerprint density at radius 1 is 1.38 bits per heavy atom. The molecule has 1 saturated heterocycles. The Morgan fingerprint density at radius 3 is 2.83 bits per heavy atom. The number of carbonyl (C=O) groups excluding carboxylic acids is 1. The average molecular weight is 331 g/mol. The molecule has 1 amide bonds. The number of nitrogens with one attached hydrogen (secondary N) is 1. The van der Waals surface area contributed by atoms with Crippen LogP contribution in [0, 0.1) is 5.82 Å². The molecule has 2 aromatic heterocycles. The minimum atomic E-state index is -0.362. The maximum Gasteiger partial charge on any atom is 0.222 e. The second-order valence-corrected chi connectivity index (χ2v) is 6.16. The number of hydrogen-bond donors (Lipinski definition) is 1. The van der Waals surface area contributed by atoms with Gasteiger partial charge in [-0.2, -0.15) is 5.10 Å². The normalized spacial score (nSPS) is 15.7. The Balaban J connectivity index is 1.48. The molecule has 0 aliphatic carbocycles. The first-order valence-electron chi connectivity index (χ1n) is 8.44. The lowest BCUT2D eigenvalue weighted by atomic mass is 9.96. The van der Waals surface area contributed by atoms with Crippen molar-refractivity contribution in [2.24, 2.45) is 0 Å². The van der Waals surface area contributed by atoms with E-state index in [-0.39, 0.29) is 11.7 Å². The summed E-state index contributed by atoms with van der Waals surface area (Å²) >= 11 is 0. The van der Waals surface area contributed by atoms with Crippen molar-refractivity contribution >= 4 is 5.91 Å². The molecule has 6 nitrogen and oxygen atoms in total.